The number of ether oxygens (including phenoxy) is 2. The molecule has 4 unspecified atom stereocenters. The smallest absolute Gasteiger partial charge is 0.0971 e. The summed E-state index contributed by atoms with van der Waals surface area (Å²) in [4.78, 5) is 2.46. The van der Waals surface area contributed by atoms with Crippen molar-refractivity contribution in [1.82, 2.24) is 10.2 Å². The lowest BCUT2D eigenvalue weighted by atomic mass is 9.98. The fraction of sp³-hybridized carbons (Fsp3) is 1.00. The van der Waals surface area contributed by atoms with Gasteiger partial charge in [0.2, 0.25) is 0 Å². The lowest BCUT2D eigenvalue weighted by Crippen LogP contribution is -2.44. The maximum atomic E-state index is 5.49. The third-order valence-corrected chi connectivity index (χ3v) is 4.15. The first kappa shape index (κ1) is 15.9. The Morgan fingerprint density at radius 1 is 1.17 bits per heavy atom. The van der Waals surface area contributed by atoms with Gasteiger partial charge in [-0.15, -0.1) is 0 Å². The van der Waals surface area contributed by atoms with E-state index in [-0.39, 0.29) is 12.2 Å². The van der Waals surface area contributed by atoms with Crippen LogP contribution in [0.5, 0.6) is 0 Å². The number of rotatable bonds is 8. The number of hydrogen-bond donors (Lipinski definition) is 1. The summed E-state index contributed by atoms with van der Waals surface area (Å²) in [7, 11) is 3.55. The molecule has 0 saturated carbocycles. The highest BCUT2D eigenvalue weighted by atomic mass is 16.5. The van der Waals surface area contributed by atoms with Crippen molar-refractivity contribution in [2.24, 2.45) is 5.92 Å². The lowest BCUT2D eigenvalue weighted by molar-refractivity contribution is -0.00461. The molecule has 0 amide bonds. The Morgan fingerprint density at radius 2 is 1.72 bits per heavy atom. The summed E-state index contributed by atoms with van der Waals surface area (Å²) in [5.74, 6) is 0.701. The molecule has 0 bridgehead atoms. The SMILES string of the molecule is CCNC(CN1CC(OC)C(OC)C1)C(C)CC. The summed E-state index contributed by atoms with van der Waals surface area (Å²) in [6, 6.07) is 0.563. The maximum Gasteiger partial charge on any atom is 0.0971 e. The molecule has 1 saturated heterocycles. The molecule has 18 heavy (non-hydrogen) atoms. The summed E-state index contributed by atoms with van der Waals surface area (Å²) in [5.41, 5.74) is 0. The predicted octanol–water partition coefficient (Wildman–Crippen LogP) is 1.36. The van der Waals surface area contributed by atoms with Crippen molar-refractivity contribution in [2.45, 2.75) is 45.4 Å². The molecule has 4 heteroatoms. The van der Waals surface area contributed by atoms with E-state index in [4.69, 9.17) is 9.47 Å². The van der Waals surface area contributed by atoms with Gasteiger partial charge in [0.1, 0.15) is 0 Å². The van der Waals surface area contributed by atoms with Gasteiger partial charge in [0, 0.05) is 39.9 Å². The summed E-state index contributed by atoms with van der Waals surface area (Å²) in [6.07, 6.45) is 1.65. The number of methoxy groups -OCH3 is 2. The zero-order chi connectivity index (χ0) is 13.5. The van der Waals surface area contributed by atoms with Crippen molar-refractivity contribution < 1.29 is 9.47 Å². The molecule has 1 aliphatic heterocycles. The van der Waals surface area contributed by atoms with Crippen LogP contribution >= 0.6 is 0 Å². The van der Waals surface area contributed by atoms with E-state index in [0.717, 1.165) is 26.2 Å². The molecule has 0 spiro atoms. The van der Waals surface area contributed by atoms with E-state index in [1.54, 1.807) is 14.2 Å². The zero-order valence-corrected chi connectivity index (χ0v) is 12.6. The van der Waals surface area contributed by atoms with Crippen molar-refractivity contribution in [3.63, 3.8) is 0 Å². The normalized spacial score (nSPS) is 28.5. The van der Waals surface area contributed by atoms with Crippen molar-refractivity contribution in [3.8, 4) is 0 Å². The van der Waals surface area contributed by atoms with Gasteiger partial charge in [-0.1, -0.05) is 27.2 Å². The summed E-state index contributed by atoms with van der Waals surface area (Å²) in [6.45, 7) is 10.8. The molecule has 0 aromatic heterocycles. The van der Waals surface area contributed by atoms with Crippen LogP contribution in [-0.2, 0) is 9.47 Å². The third-order valence-electron chi connectivity index (χ3n) is 4.15. The van der Waals surface area contributed by atoms with Crippen LogP contribution in [0.3, 0.4) is 0 Å². The Hall–Kier alpha value is -0.160. The van der Waals surface area contributed by atoms with Gasteiger partial charge in [-0.05, 0) is 12.5 Å². The van der Waals surface area contributed by atoms with E-state index in [9.17, 15) is 0 Å². The number of nitrogens with zero attached hydrogens (tertiary/aromatic N) is 1. The molecule has 0 aromatic carbocycles. The minimum atomic E-state index is 0.217. The molecule has 1 heterocycles. The minimum Gasteiger partial charge on any atom is -0.377 e. The minimum absolute atomic E-state index is 0.217. The van der Waals surface area contributed by atoms with Crippen LogP contribution in [0, 0.1) is 5.92 Å². The molecule has 0 aliphatic carbocycles. The first-order valence-corrected chi connectivity index (χ1v) is 7.17. The van der Waals surface area contributed by atoms with Crippen molar-refractivity contribution >= 4 is 0 Å². The Kier molecular flexibility index (Phi) is 7.15. The highest BCUT2D eigenvalue weighted by Gasteiger charge is 2.34. The quantitative estimate of drug-likeness (QED) is 0.713. The Morgan fingerprint density at radius 3 is 2.11 bits per heavy atom. The summed E-state index contributed by atoms with van der Waals surface area (Å²) < 4.78 is 11.0. The lowest BCUT2D eigenvalue weighted by Gasteiger charge is -2.28. The molecule has 1 rings (SSSR count). The first-order valence-electron chi connectivity index (χ1n) is 7.17. The van der Waals surface area contributed by atoms with Crippen molar-refractivity contribution in [2.75, 3.05) is 40.4 Å². The van der Waals surface area contributed by atoms with Gasteiger partial charge in [0.25, 0.3) is 0 Å². The molecular formula is C14H30N2O2. The van der Waals surface area contributed by atoms with Crippen LogP contribution in [0.1, 0.15) is 27.2 Å². The van der Waals surface area contributed by atoms with Crippen LogP contribution in [0.2, 0.25) is 0 Å². The molecule has 1 aliphatic rings. The molecule has 4 nitrogen and oxygen atoms in total. The van der Waals surface area contributed by atoms with E-state index in [2.05, 4.69) is 31.0 Å². The van der Waals surface area contributed by atoms with E-state index in [1.165, 1.54) is 6.42 Å². The maximum absolute atomic E-state index is 5.49. The fourth-order valence-corrected chi connectivity index (χ4v) is 2.69. The van der Waals surface area contributed by atoms with Gasteiger partial charge in [0.15, 0.2) is 0 Å². The molecule has 0 radical (unpaired) electrons. The third kappa shape index (κ3) is 4.19. The second-order valence-corrected chi connectivity index (χ2v) is 5.32. The van der Waals surface area contributed by atoms with E-state index in [0.29, 0.717) is 12.0 Å². The van der Waals surface area contributed by atoms with Gasteiger partial charge in [-0.2, -0.15) is 0 Å². The van der Waals surface area contributed by atoms with Crippen molar-refractivity contribution in [3.05, 3.63) is 0 Å². The van der Waals surface area contributed by atoms with Gasteiger partial charge in [0.05, 0.1) is 12.2 Å². The molecule has 108 valence electrons. The van der Waals surface area contributed by atoms with Gasteiger partial charge in [-0.25, -0.2) is 0 Å². The highest BCUT2D eigenvalue weighted by molar-refractivity contribution is 4.88. The topological polar surface area (TPSA) is 33.7 Å². The number of likely N-dealkylation sites (tertiary alicyclic amines) is 1. The zero-order valence-electron chi connectivity index (χ0n) is 12.6. The Bertz CT molecular complexity index is 214. The van der Waals surface area contributed by atoms with Crippen LogP contribution < -0.4 is 5.32 Å². The van der Waals surface area contributed by atoms with Gasteiger partial charge in [-0.3, -0.25) is 4.90 Å². The van der Waals surface area contributed by atoms with Crippen LogP contribution in [0.25, 0.3) is 0 Å². The average Bonchev–Trinajstić information content (AvgIpc) is 2.79. The monoisotopic (exact) mass is 258 g/mol. The Labute approximate surface area is 112 Å². The predicted molar refractivity (Wildman–Crippen MR) is 75.0 cm³/mol. The fourth-order valence-electron chi connectivity index (χ4n) is 2.69. The first-order chi connectivity index (χ1) is 8.65. The molecule has 1 fully saturated rings. The van der Waals surface area contributed by atoms with Gasteiger partial charge < -0.3 is 14.8 Å². The molecule has 4 atom stereocenters. The largest absolute Gasteiger partial charge is 0.377 e. The average molecular weight is 258 g/mol. The summed E-state index contributed by atoms with van der Waals surface area (Å²) >= 11 is 0. The standard InChI is InChI=1S/C14H30N2O2/c1-6-11(3)12(15-7-2)8-16-9-13(17-4)14(10-16)18-5/h11-15H,6-10H2,1-5H3. The number of hydrogen-bond acceptors (Lipinski definition) is 4. The van der Waals surface area contributed by atoms with Crippen LogP contribution in [-0.4, -0.2) is 63.5 Å². The number of likely N-dealkylation sites (N-methyl/N-ethyl adjacent to an activating group) is 1. The number of nitrogens with one attached hydrogen (secondary N) is 1. The second kappa shape index (κ2) is 8.10. The Balaban J connectivity index is 2.49. The summed E-state index contributed by atoms with van der Waals surface area (Å²) in [5, 5.41) is 3.60. The van der Waals surface area contributed by atoms with Crippen molar-refractivity contribution in [1.29, 1.82) is 0 Å². The molecule has 0 aromatic rings. The van der Waals surface area contributed by atoms with E-state index in [1.807, 2.05) is 0 Å². The van der Waals surface area contributed by atoms with Crippen LogP contribution in [0.15, 0.2) is 0 Å². The second-order valence-electron chi connectivity index (χ2n) is 5.32. The molecule has 1 N–H and O–H groups in total. The van der Waals surface area contributed by atoms with E-state index < -0.39 is 0 Å². The highest BCUT2D eigenvalue weighted by Crippen LogP contribution is 2.18. The molecular weight excluding hydrogens is 228 g/mol. The van der Waals surface area contributed by atoms with Crippen LogP contribution in [0.4, 0.5) is 0 Å². The van der Waals surface area contributed by atoms with Gasteiger partial charge >= 0.3 is 0 Å². The van der Waals surface area contributed by atoms with E-state index >= 15 is 0 Å².